The van der Waals surface area contributed by atoms with Crippen molar-refractivity contribution in [2.75, 3.05) is 13.1 Å². The predicted octanol–water partition coefficient (Wildman–Crippen LogP) is 4.80. The summed E-state index contributed by atoms with van der Waals surface area (Å²) in [5.41, 5.74) is 1.91. The highest BCUT2D eigenvalue weighted by atomic mass is 35.5. The molecule has 0 fully saturated rings. The lowest BCUT2D eigenvalue weighted by Crippen LogP contribution is -2.24. The molecular formula is C16H26ClNS. The van der Waals surface area contributed by atoms with E-state index in [0.29, 0.717) is 5.41 Å². The Kier molecular flexibility index (Phi) is 4.35. The van der Waals surface area contributed by atoms with E-state index in [1.165, 1.54) is 15.3 Å². The van der Waals surface area contributed by atoms with Crippen molar-refractivity contribution in [3.63, 3.8) is 0 Å². The van der Waals surface area contributed by atoms with Crippen molar-refractivity contribution >= 4 is 22.9 Å². The average Bonchev–Trinajstić information content (AvgIpc) is 2.45. The summed E-state index contributed by atoms with van der Waals surface area (Å²) >= 11 is 8.66. The van der Waals surface area contributed by atoms with Crippen LogP contribution in [0.25, 0.3) is 0 Å². The minimum absolute atomic E-state index is 0.166. The van der Waals surface area contributed by atoms with Crippen molar-refractivity contribution in [1.29, 1.82) is 0 Å². The molecule has 3 heteroatoms. The van der Waals surface area contributed by atoms with Crippen LogP contribution in [0, 0.1) is 5.41 Å². The Balaban J connectivity index is 2.35. The van der Waals surface area contributed by atoms with E-state index in [-0.39, 0.29) is 5.41 Å². The van der Waals surface area contributed by atoms with Crippen molar-refractivity contribution in [2.45, 2.75) is 59.3 Å². The van der Waals surface area contributed by atoms with E-state index in [9.17, 15) is 0 Å². The molecule has 1 aromatic heterocycles. The molecule has 0 radical (unpaired) electrons. The van der Waals surface area contributed by atoms with Gasteiger partial charge in [0.25, 0.3) is 0 Å². The summed E-state index contributed by atoms with van der Waals surface area (Å²) in [5.74, 6) is 0. The first-order chi connectivity index (χ1) is 8.71. The molecule has 1 N–H and O–H groups in total. The minimum Gasteiger partial charge on any atom is -0.316 e. The van der Waals surface area contributed by atoms with Gasteiger partial charge >= 0.3 is 0 Å². The molecule has 1 aliphatic heterocycles. The van der Waals surface area contributed by atoms with Crippen LogP contribution in [0.15, 0.2) is 0 Å². The van der Waals surface area contributed by atoms with E-state index >= 15 is 0 Å². The largest absolute Gasteiger partial charge is 0.316 e. The molecule has 0 saturated carbocycles. The van der Waals surface area contributed by atoms with E-state index in [4.69, 9.17) is 11.6 Å². The number of hydrogen-bond acceptors (Lipinski definition) is 2. The number of nitrogens with one attached hydrogen (secondary N) is 1. The summed E-state index contributed by atoms with van der Waals surface area (Å²) in [7, 11) is 0. The van der Waals surface area contributed by atoms with Gasteiger partial charge in [0, 0.05) is 15.2 Å². The second-order valence-corrected chi connectivity index (χ2v) is 9.00. The standard InChI is InChI=1S/C16H26ClNS/c1-15(2,3)10-16(4,5)14-13(17)11-6-8-18-9-7-12(11)19-14/h18H,6-10H2,1-5H3. The quantitative estimate of drug-likeness (QED) is 0.827. The number of hydrogen-bond donors (Lipinski definition) is 1. The van der Waals surface area contributed by atoms with Crippen LogP contribution in [-0.4, -0.2) is 13.1 Å². The van der Waals surface area contributed by atoms with Crippen LogP contribution in [0.2, 0.25) is 5.02 Å². The molecule has 1 nitrogen and oxygen atoms in total. The Hall–Kier alpha value is -0.0500. The lowest BCUT2D eigenvalue weighted by atomic mass is 9.75. The summed E-state index contributed by atoms with van der Waals surface area (Å²) in [6.07, 6.45) is 3.37. The molecule has 0 atom stereocenters. The second kappa shape index (κ2) is 5.38. The Bertz CT molecular complexity index is 454. The van der Waals surface area contributed by atoms with Crippen molar-refractivity contribution in [2.24, 2.45) is 5.41 Å². The Morgan fingerprint density at radius 2 is 1.74 bits per heavy atom. The lowest BCUT2D eigenvalue weighted by Gasteiger charge is -2.32. The van der Waals surface area contributed by atoms with Gasteiger partial charge in [-0.25, -0.2) is 0 Å². The van der Waals surface area contributed by atoms with Gasteiger partial charge in [0.2, 0.25) is 0 Å². The molecule has 0 unspecified atom stereocenters. The summed E-state index contributed by atoms with van der Waals surface area (Å²) < 4.78 is 0. The normalized spacial score (nSPS) is 17.2. The summed E-state index contributed by atoms with van der Waals surface area (Å²) in [6.45, 7) is 13.8. The summed E-state index contributed by atoms with van der Waals surface area (Å²) in [4.78, 5) is 2.91. The summed E-state index contributed by atoms with van der Waals surface area (Å²) in [5, 5.41) is 4.51. The van der Waals surface area contributed by atoms with Crippen LogP contribution in [0.5, 0.6) is 0 Å². The Morgan fingerprint density at radius 1 is 1.11 bits per heavy atom. The highest BCUT2D eigenvalue weighted by Crippen LogP contribution is 2.46. The van der Waals surface area contributed by atoms with Crippen LogP contribution in [0.4, 0.5) is 0 Å². The molecule has 0 bridgehead atoms. The van der Waals surface area contributed by atoms with Gasteiger partial charge in [0.05, 0.1) is 5.02 Å². The smallest absolute Gasteiger partial charge is 0.0585 e. The molecule has 19 heavy (non-hydrogen) atoms. The average molecular weight is 300 g/mol. The first kappa shape index (κ1) is 15.3. The lowest BCUT2D eigenvalue weighted by molar-refractivity contribution is 0.287. The zero-order valence-electron chi connectivity index (χ0n) is 12.8. The Labute approximate surface area is 126 Å². The molecule has 0 aromatic carbocycles. The fraction of sp³-hybridized carbons (Fsp3) is 0.750. The highest BCUT2D eigenvalue weighted by molar-refractivity contribution is 7.13. The minimum atomic E-state index is 0.166. The van der Waals surface area contributed by atoms with Crippen molar-refractivity contribution < 1.29 is 0 Å². The van der Waals surface area contributed by atoms with Gasteiger partial charge in [0.1, 0.15) is 0 Å². The van der Waals surface area contributed by atoms with Gasteiger partial charge in [-0.1, -0.05) is 46.2 Å². The van der Waals surface area contributed by atoms with E-state index in [0.717, 1.165) is 37.4 Å². The Morgan fingerprint density at radius 3 is 2.37 bits per heavy atom. The topological polar surface area (TPSA) is 12.0 Å². The van der Waals surface area contributed by atoms with Crippen molar-refractivity contribution in [1.82, 2.24) is 5.32 Å². The SMILES string of the molecule is CC(C)(C)CC(C)(C)c1sc2c(c1Cl)CCNCC2. The van der Waals surface area contributed by atoms with Crippen molar-refractivity contribution in [3.8, 4) is 0 Å². The van der Waals surface area contributed by atoms with E-state index in [2.05, 4.69) is 39.9 Å². The molecule has 0 saturated heterocycles. The van der Waals surface area contributed by atoms with E-state index in [1.54, 1.807) is 0 Å². The number of fused-ring (bicyclic) bond motifs is 1. The molecule has 1 aromatic rings. The number of rotatable bonds is 2. The van der Waals surface area contributed by atoms with Gasteiger partial charge in [-0.05, 0) is 43.3 Å². The third-order valence-electron chi connectivity index (χ3n) is 3.69. The highest BCUT2D eigenvalue weighted by Gasteiger charge is 2.32. The van der Waals surface area contributed by atoms with Crippen LogP contribution in [0.1, 0.15) is 56.4 Å². The van der Waals surface area contributed by atoms with Crippen molar-refractivity contribution in [3.05, 3.63) is 20.3 Å². The maximum Gasteiger partial charge on any atom is 0.0585 e. The van der Waals surface area contributed by atoms with Crippen LogP contribution >= 0.6 is 22.9 Å². The molecular weight excluding hydrogens is 274 g/mol. The number of halogens is 1. The van der Waals surface area contributed by atoms with E-state index in [1.807, 2.05) is 11.3 Å². The monoisotopic (exact) mass is 299 g/mol. The molecule has 2 heterocycles. The fourth-order valence-electron chi connectivity index (χ4n) is 3.32. The molecule has 2 rings (SSSR count). The van der Waals surface area contributed by atoms with Gasteiger partial charge in [-0.15, -0.1) is 11.3 Å². The molecule has 1 aliphatic rings. The van der Waals surface area contributed by atoms with Gasteiger partial charge in [-0.3, -0.25) is 0 Å². The first-order valence-corrected chi connectivity index (χ1v) is 8.41. The molecule has 108 valence electrons. The molecule has 0 aliphatic carbocycles. The van der Waals surface area contributed by atoms with Gasteiger partial charge < -0.3 is 5.32 Å². The van der Waals surface area contributed by atoms with Crippen LogP contribution in [-0.2, 0) is 18.3 Å². The predicted molar refractivity (Wildman–Crippen MR) is 86.7 cm³/mol. The maximum atomic E-state index is 6.71. The third kappa shape index (κ3) is 3.53. The van der Waals surface area contributed by atoms with Crippen LogP contribution < -0.4 is 5.32 Å². The summed E-state index contributed by atoms with van der Waals surface area (Å²) in [6, 6.07) is 0. The molecule has 0 amide bonds. The zero-order chi connectivity index (χ0) is 14.3. The van der Waals surface area contributed by atoms with Gasteiger partial charge in [0.15, 0.2) is 0 Å². The fourth-order valence-corrected chi connectivity index (χ4v) is 5.30. The van der Waals surface area contributed by atoms with E-state index < -0.39 is 0 Å². The third-order valence-corrected chi connectivity index (χ3v) is 5.88. The number of thiophene rings is 1. The molecule has 0 spiro atoms. The second-order valence-electron chi connectivity index (χ2n) is 7.52. The zero-order valence-corrected chi connectivity index (χ0v) is 14.4. The maximum absolute atomic E-state index is 6.71. The van der Waals surface area contributed by atoms with Gasteiger partial charge in [-0.2, -0.15) is 0 Å². The first-order valence-electron chi connectivity index (χ1n) is 7.22. The van der Waals surface area contributed by atoms with Crippen LogP contribution in [0.3, 0.4) is 0 Å².